The van der Waals surface area contributed by atoms with Crippen molar-refractivity contribution in [2.75, 3.05) is 13.2 Å². The maximum absolute atomic E-state index is 12.7. The van der Waals surface area contributed by atoms with Crippen molar-refractivity contribution in [2.24, 2.45) is 0 Å². The fourth-order valence-corrected chi connectivity index (χ4v) is 4.99. The molecule has 0 unspecified atom stereocenters. The lowest BCUT2D eigenvalue weighted by Crippen LogP contribution is -2.21. The molecule has 198 valence electrons. The number of rotatable bonds is 11. The Morgan fingerprint density at radius 3 is 2.21 bits per heavy atom. The van der Waals surface area contributed by atoms with Crippen molar-refractivity contribution < 1.29 is 14.3 Å². The van der Waals surface area contributed by atoms with Crippen LogP contribution in [0.25, 0.3) is 10.9 Å². The average Bonchev–Trinajstić information content (AvgIpc) is 3.37. The Morgan fingerprint density at radius 2 is 1.51 bits per heavy atom. The van der Waals surface area contributed by atoms with E-state index in [1.54, 1.807) is 17.6 Å². The zero-order valence-corrected chi connectivity index (χ0v) is 22.0. The molecular formula is C33H32N2O4. The predicted octanol–water partition coefficient (Wildman–Crippen LogP) is 6.02. The van der Waals surface area contributed by atoms with E-state index < -0.39 is 0 Å². The molecule has 0 aliphatic carbocycles. The van der Waals surface area contributed by atoms with E-state index in [-0.39, 0.29) is 24.0 Å². The number of ether oxygens (including phenoxy) is 2. The van der Waals surface area contributed by atoms with Crippen LogP contribution >= 0.6 is 0 Å². The molecule has 0 atom stereocenters. The largest absolute Gasteiger partial charge is 0.493 e. The molecule has 0 amide bonds. The van der Waals surface area contributed by atoms with Crippen molar-refractivity contribution in [3.8, 4) is 5.75 Å². The number of aromatic nitrogens is 2. The molecule has 2 heterocycles. The molecule has 5 rings (SSSR count). The van der Waals surface area contributed by atoms with Gasteiger partial charge in [0.05, 0.1) is 18.7 Å². The average molecular weight is 521 g/mol. The molecule has 3 aromatic carbocycles. The summed E-state index contributed by atoms with van der Waals surface area (Å²) in [5.74, 6) is 0.520. The summed E-state index contributed by atoms with van der Waals surface area (Å²) in [6.45, 7) is 3.32. The number of pyridine rings is 1. The standard InChI is InChI=1S/C33H32N2O4/c1-2-38-32(37)24-34-21-19-28-29(34)15-9-16-30(28)39-22-10-20-35-23-27(17-18-31(35)36)33(25-11-5-3-6-12-25)26-13-7-4-8-14-26/h3-9,11-19,21,23,33H,2,10,20,22,24H2,1H3. The van der Waals surface area contributed by atoms with Gasteiger partial charge in [0.1, 0.15) is 12.3 Å². The van der Waals surface area contributed by atoms with Crippen LogP contribution in [-0.4, -0.2) is 28.3 Å². The van der Waals surface area contributed by atoms with E-state index in [0.29, 0.717) is 26.2 Å². The zero-order valence-electron chi connectivity index (χ0n) is 22.0. The van der Waals surface area contributed by atoms with Gasteiger partial charge in [0, 0.05) is 36.3 Å². The van der Waals surface area contributed by atoms with Crippen molar-refractivity contribution in [1.29, 1.82) is 0 Å². The van der Waals surface area contributed by atoms with Gasteiger partial charge in [0.15, 0.2) is 0 Å². The van der Waals surface area contributed by atoms with E-state index in [1.165, 1.54) is 11.1 Å². The zero-order chi connectivity index (χ0) is 27.0. The van der Waals surface area contributed by atoms with E-state index in [1.807, 2.05) is 83.7 Å². The van der Waals surface area contributed by atoms with Crippen molar-refractivity contribution in [2.45, 2.75) is 32.4 Å². The number of esters is 1. The molecule has 0 fully saturated rings. The second kappa shape index (κ2) is 12.3. The first kappa shape index (κ1) is 26.0. The molecule has 39 heavy (non-hydrogen) atoms. The first-order valence-electron chi connectivity index (χ1n) is 13.3. The third-order valence-corrected chi connectivity index (χ3v) is 6.78. The van der Waals surface area contributed by atoms with Crippen LogP contribution in [0.2, 0.25) is 0 Å². The third kappa shape index (κ3) is 6.12. The van der Waals surface area contributed by atoms with Crippen molar-refractivity contribution in [1.82, 2.24) is 9.13 Å². The van der Waals surface area contributed by atoms with Crippen LogP contribution in [0, 0.1) is 0 Å². The van der Waals surface area contributed by atoms with Gasteiger partial charge in [-0.15, -0.1) is 0 Å². The molecule has 0 aliphatic heterocycles. The first-order chi connectivity index (χ1) is 19.1. The minimum Gasteiger partial charge on any atom is -0.493 e. The number of hydrogen-bond acceptors (Lipinski definition) is 4. The van der Waals surface area contributed by atoms with Gasteiger partial charge >= 0.3 is 5.97 Å². The predicted molar refractivity (Wildman–Crippen MR) is 153 cm³/mol. The molecule has 6 nitrogen and oxygen atoms in total. The van der Waals surface area contributed by atoms with E-state index in [4.69, 9.17) is 9.47 Å². The number of aryl methyl sites for hydroxylation is 1. The molecule has 0 saturated heterocycles. The summed E-state index contributed by atoms with van der Waals surface area (Å²) < 4.78 is 14.8. The van der Waals surface area contributed by atoms with Crippen molar-refractivity contribution >= 4 is 16.9 Å². The maximum atomic E-state index is 12.7. The fraction of sp³-hybridized carbons (Fsp3) is 0.212. The number of nitrogens with zero attached hydrogens (tertiary/aromatic N) is 2. The van der Waals surface area contributed by atoms with Crippen LogP contribution in [0.5, 0.6) is 5.75 Å². The van der Waals surface area contributed by atoms with Crippen LogP contribution in [0.4, 0.5) is 0 Å². The molecule has 0 saturated carbocycles. The molecule has 6 heteroatoms. The summed E-state index contributed by atoms with van der Waals surface area (Å²) in [5.41, 5.74) is 4.31. The smallest absolute Gasteiger partial charge is 0.325 e. The molecule has 5 aromatic rings. The Morgan fingerprint density at radius 1 is 0.795 bits per heavy atom. The van der Waals surface area contributed by atoms with Crippen molar-refractivity contribution in [3.05, 3.63) is 136 Å². The number of benzene rings is 3. The summed E-state index contributed by atoms with van der Waals surface area (Å²) in [6, 6.07) is 32.1. The summed E-state index contributed by atoms with van der Waals surface area (Å²) in [6.07, 6.45) is 4.52. The van der Waals surface area contributed by atoms with E-state index in [2.05, 4.69) is 24.3 Å². The van der Waals surface area contributed by atoms with E-state index in [0.717, 1.165) is 22.2 Å². The summed E-state index contributed by atoms with van der Waals surface area (Å²) >= 11 is 0. The Kier molecular flexibility index (Phi) is 8.22. The van der Waals surface area contributed by atoms with Crippen LogP contribution in [0.3, 0.4) is 0 Å². The van der Waals surface area contributed by atoms with Gasteiger partial charge in [-0.3, -0.25) is 9.59 Å². The molecule has 0 spiro atoms. The Hall–Kier alpha value is -4.58. The normalized spacial score (nSPS) is 11.1. The second-order valence-corrected chi connectivity index (χ2v) is 9.39. The summed E-state index contributed by atoms with van der Waals surface area (Å²) in [4.78, 5) is 24.7. The van der Waals surface area contributed by atoms with Crippen molar-refractivity contribution in [3.63, 3.8) is 0 Å². The van der Waals surface area contributed by atoms with Gasteiger partial charge in [-0.05, 0) is 48.2 Å². The van der Waals surface area contributed by atoms with Gasteiger partial charge in [0.2, 0.25) is 0 Å². The lowest BCUT2D eigenvalue weighted by atomic mass is 9.86. The van der Waals surface area contributed by atoms with E-state index >= 15 is 0 Å². The minimum absolute atomic E-state index is 0.0308. The van der Waals surface area contributed by atoms with Crippen LogP contribution < -0.4 is 10.3 Å². The fourth-order valence-electron chi connectivity index (χ4n) is 4.99. The minimum atomic E-state index is -0.268. The first-order valence-corrected chi connectivity index (χ1v) is 13.3. The SMILES string of the molecule is CCOC(=O)Cn1ccc2c(OCCCn3cc(C(c4ccccc4)c4ccccc4)ccc3=O)cccc21. The molecule has 0 bridgehead atoms. The number of hydrogen-bond donors (Lipinski definition) is 0. The van der Waals surface area contributed by atoms with Gasteiger partial charge in [-0.25, -0.2) is 0 Å². The highest BCUT2D eigenvalue weighted by Gasteiger charge is 2.17. The van der Waals surface area contributed by atoms with E-state index in [9.17, 15) is 9.59 Å². The Bertz CT molecular complexity index is 1550. The van der Waals surface area contributed by atoms with Gasteiger partial charge in [0.25, 0.3) is 5.56 Å². The highest BCUT2D eigenvalue weighted by molar-refractivity contribution is 5.87. The van der Waals surface area contributed by atoms with Gasteiger partial charge in [-0.1, -0.05) is 72.8 Å². The lowest BCUT2D eigenvalue weighted by molar-refractivity contribution is -0.143. The van der Waals surface area contributed by atoms with Crippen LogP contribution in [-0.2, 0) is 22.6 Å². The monoisotopic (exact) mass is 520 g/mol. The second-order valence-electron chi connectivity index (χ2n) is 9.39. The highest BCUT2D eigenvalue weighted by Crippen LogP contribution is 2.31. The van der Waals surface area contributed by atoms with Crippen LogP contribution in [0.15, 0.2) is 114 Å². The molecule has 0 aliphatic rings. The van der Waals surface area contributed by atoms with Crippen LogP contribution in [0.1, 0.15) is 36.0 Å². The molecule has 0 radical (unpaired) electrons. The highest BCUT2D eigenvalue weighted by atomic mass is 16.5. The quantitative estimate of drug-likeness (QED) is 0.158. The lowest BCUT2D eigenvalue weighted by Gasteiger charge is -2.20. The number of carbonyl (C=O) groups excluding carboxylic acids is 1. The maximum Gasteiger partial charge on any atom is 0.325 e. The van der Waals surface area contributed by atoms with Gasteiger partial charge < -0.3 is 18.6 Å². The number of carbonyl (C=O) groups is 1. The molecule has 2 aromatic heterocycles. The molecular weight excluding hydrogens is 488 g/mol. The Balaban J connectivity index is 1.29. The molecule has 0 N–H and O–H groups in total. The van der Waals surface area contributed by atoms with Gasteiger partial charge in [-0.2, -0.15) is 0 Å². The topological polar surface area (TPSA) is 62.5 Å². The third-order valence-electron chi connectivity index (χ3n) is 6.78. The number of fused-ring (bicyclic) bond motifs is 1. The summed E-state index contributed by atoms with van der Waals surface area (Å²) in [7, 11) is 0. The summed E-state index contributed by atoms with van der Waals surface area (Å²) in [5, 5.41) is 0.939. The Labute approximate surface area is 228 Å².